The number of hydrogen-bond acceptors (Lipinski definition) is 4. The largest absolute Gasteiger partial charge is 0.486 e. The van der Waals surface area contributed by atoms with Gasteiger partial charge < -0.3 is 14.4 Å². The molecule has 279 valence electrons. The third kappa shape index (κ3) is 8.70. The van der Waals surface area contributed by atoms with Gasteiger partial charge in [-0.15, -0.1) is 54.1 Å². The van der Waals surface area contributed by atoms with E-state index in [4.69, 9.17) is 14.4 Å². The third-order valence-corrected chi connectivity index (χ3v) is 9.86. The normalized spacial score (nSPS) is 11.2. The van der Waals surface area contributed by atoms with Crippen molar-refractivity contribution in [2.45, 2.75) is 66.7 Å². The summed E-state index contributed by atoms with van der Waals surface area (Å²) >= 11 is 0. The number of aryl methyl sites for hydroxylation is 1. The Balaban J connectivity index is 0.000000336. The summed E-state index contributed by atoms with van der Waals surface area (Å²) in [6, 6.07) is 46.1. The number of nitrogens with zero attached hydrogens (tertiary/aromatic N) is 3. The molecule has 5 heteroatoms. The Morgan fingerprint density at radius 1 is 0.636 bits per heavy atom. The van der Waals surface area contributed by atoms with Crippen molar-refractivity contribution >= 4 is 22.1 Å². The van der Waals surface area contributed by atoms with E-state index in [0.29, 0.717) is 23.5 Å². The minimum Gasteiger partial charge on any atom is -0.486 e. The van der Waals surface area contributed by atoms with Crippen LogP contribution in [0.15, 0.2) is 132 Å². The molecule has 0 aliphatic heterocycles. The van der Waals surface area contributed by atoms with Crippen molar-refractivity contribution in [3.63, 3.8) is 0 Å². The molecule has 0 saturated heterocycles. The van der Waals surface area contributed by atoms with E-state index in [9.17, 15) is 0 Å². The van der Waals surface area contributed by atoms with E-state index in [0.717, 1.165) is 51.0 Å². The molecule has 4 nitrogen and oxygen atoms in total. The van der Waals surface area contributed by atoms with Crippen LogP contribution in [0.1, 0.15) is 75.6 Å². The van der Waals surface area contributed by atoms with Gasteiger partial charge in [0.05, 0.1) is 11.3 Å². The quantitative estimate of drug-likeness (QED) is 0.143. The fourth-order valence-electron chi connectivity index (χ4n) is 7.09. The minimum absolute atomic E-state index is 0. The molecule has 4 heterocycles. The Morgan fingerprint density at radius 3 is 2.00 bits per heavy atom. The summed E-state index contributed by atoms with van der Waals surface area (Å²) in [7, 11) is 0. The Labute approximate surface area is 339 Å². The topological polar surface area (TPSA) is 51.8 Å². The Hall–Kier alpha value is -5.22. The number of hydrogen-bond donors (Lipinski definition) is 0. The van der Waals surface area contributed by atoms with Crippen LogP contribution in [0.4, 0.5) is 0 Å². The van der Waals surface area contributed by atoms with Crippen molar-refractivity contribution in [1.82, 2.24) is 15.0 Å². The molecule has 8 aromatic rings. The van der Waals surface area contributed by atoms with E-state index in [1.807, 2.05) is 54.7 Å². The average molecular weight is 898 g/mol. The average Bonchev–Trinajstić information content (AvgIpc) is 3.57. The van der Waals surface area contributed by atoms with Crippen LogP contribution in [0.2, 0.25) is 0 Å². The van der Waals surface area contributed by atoms with Gasteiger partial charge in [0.15, 0.2) is 0 Å². The second kappa shape index (κ2) is 17.5. The van der Waals surface area contributed by atoms with Crippen LogP contribution in [0, 0.1) is 25.0 Å². The molecule has 0 atom stereocenters. The molecular weight excluding hydrogens is 851 g/mol. The molecular formula is C50H47IrN3O-2. The van der Waals surface area contributed by atoms with Crippen LogP contribution in [-0.2, 0) is 26.5 Å². The van der Waals surface area contributed by atoms with Crippen molar-refractivity contribution in [3.8, 4) is 44.9 Å². The molecule has 0 fully saturated rings. The van der Waals surface area contributed by atoms with Crippen molar-refractivity contribution in [1.29, 1.82) is 0 Å². The zero-order valence-corrected chi connectivity index (χ0v) is 35.0. The monoisotopic (exact) mass is 898 g/mol. The van der Waals surface area contributed by atoms with E-state index >= 15 is 0 Å². The first kappa shape index (κ1) is 39.5. The summed E-state index contributed by atoms with van der Waals surface area (Å²) in [6.45, 7) is 15.7. The van der Waals surface area contributed by atoms with Crippen LogP contribution in [-0.4, -0.2) is 15.0 Å². The van der Waals surface area contributed by atoms with Gasteiger partial charge >= 0.3 is 0 Å². The predicted molar refractivity (Wildman–Crippen MR) is 224 cm³/mol. The van der Waals surface area contributed by atoms with Gasteiger partial charge in [-0.2, -0.15) is 0 Å². The zero-order valence-electron chi connectivity index (χ0n) is 32.6. The summed E-state index contributed by atoms with van der Waals surface area (Å²) in [4.78, 5) is 14.2. The first-order valence-corrected chi connectivity index (χ1v) is 19.0. The fourth-order valence-corrected chi connectivity index (χ4v) is 7.09. The first-order chi connectivity index (χ1) is 26.2. The van der Waals surface area contributed by atoms with Gasteiger partial charge in [-0.05, 0) is 88.5 Å². The van der Waals surface area contributed by atoms with Crippen molar-refractivity contribution in [3.05, 3.63) is 162 Å². The SMILES string of the molecule is Cc1cc(-c2[c-]ccc3c2oc2nc(-c4c(C(C)C)cc(-c5ccccc5)cc4C(C)C)ccc23)ncc1CC(C)C.[Ir].[c-]1ccccc1-c1ccccn1. The van der Waals surface area contributed by atoms with Crippen LogP contribution in [0.25, 0.3) is 67.0 Å². The number of rotatable bonds is 8. The molecule has 0 saturated carbocycles. The van der Waals surface area contributed by atoms with Crippen molar-refractivity contribution in [2.75, 3.05) is 0 Å². The first-order valence-electron chi connectivity index (χ1n) is 19.0. The molecule has 0 bridgehead atoms. The van der Waals surface area contributed by atoms with E-state index in [1.54, 1.807) is 6.20 Å². The second-order valence-electron chi connectivity index (χ2n) is 15.0. The number of furan rings is 1. The van der Waals surface area contributed by atoms with Gasteiger partial charge in [0.1, 0.15) is 0 Å². The molecule has 4 aromatic carbocycles. The van der Waals surface area contributed by atoms with Crippen LogP contribution < -0.4 is 0 Å². The standard InChI is InChI=1S/C39H39N2O.C11H8N.Ir/c1-23(2)18-29-22-40-36(19-26(29)7)32-15-11-14-30-31-16-17-35(41-39(31)42-38(30)32)37-33(24(3)4)20-28(21-34(37)25(5)6)27-12-9-8-10-13-27;1-2-6-10(7-3-1)11-8-4-5-9-12-11;/h8-14,16-17,19-25H,18H2,1-7H3;1-6,8-9H;/q2*-1;. The molecule has 8 rings (SSSR count). The van der Waals surface area contributed by atoms with Crippen LogP contribution >= 0.6 is 0 Å². The second-order valence-corrected chi connectivity index (χ2v) is 15.0. The third-order valence-electron chi connectivity index (χ3n) is 9.86. The van der Waals surface area contributed by atoms with E-state index in [2.05, 4.69) is 132 Å². The van der Waals surface area contributed by atoms with Gasteiger partial charge in [-0.25, -0.2) is 4.98 Å². The molecule has 0 spiro atoms. The zero-order chi connectivity index (χ0) is 37.8. The Kier molecular flexibility index (Phi) is 12.6. The molecule has 4 aromatic heterocycles. The summed E-state index contributed by atoms with van der Waals surface area (Å²) in [5.74, 6) is 1.26. The molecule has 55 heavy (non-hydrogen) atoms. The number of pyridine rings is 3. The molecule has 1 radical (unpaired) electrons. The van der Waals surface area contributed by atoms with E-state index in [1.165, 1.54) is 38.9 Å². The van der Waals surface area contributed by atoms with Crippen molar-refractivity contribution in [2.24, 2.45) is 5.92 Å². The van der Waals surface area contributed by atoms with Gasteiger partial charge in [-0.1, -0.05) is 119 Å². The fraction of sp³-hybridized carbons (Fsp3) is 0.220. The molecule has 0 N–H and O–H groups in total. The summed E-state index contributed by atoms with van der Waals surface area (Å²) in [6.07, 6.45) is 4.82. The van der Waals surface area contributed by atoms with Gasteiger partial charge in [-0.3, -0.25) is 0 Å². The smallest absolute Gasteiger partial charge is 0.216 e. The van der Waals surface area contributed by atoms with Gasteiger partial charge in [0.2, 0.25) is 5.71 Å². The predicted octanol–water partition coefficient (Wildman–Crippen LogP) is 13.5. The minimum atomic E-state index is 0. The number of benzene rings is 4. The Morgan fingerprint density at radius 2 is 1.36 bits per heavy atom. The van der Waals surface area contributed by atoms with Crippen molar-refractivity contribution < 1.29 is 24.5 Å². The Bertz CT molecular complexity index is 2440. The maximum Gasteiger partial charge on any atom is 0.216 e. The van der Waals surface area contributed by atoms with Gasteiger partial charge in [0, 0.05) is 43.4 Å². The summed E-state index contributed by atoms with van der Waals surface area (Å²) in [5, 5.41) is 2.05. The van der Waals surface area contributed by atoms with E-state index < -0.39 is 0 Å². The molecule has 0 unspecified atom stereocenters. The summed E-state index contributed by atoms with van der Waals surface area (Å²) in [5.41, 5.74) is 15.0. The number of aromatic nitrogens is 3. The van der Waals surface area contributed by atoms with Crippen LogP contribution in [0.3, 0.4) is 0 Å². The molecule has 0 aliphatic carbocycles. The maximum atomic E-state index is 6.55. The van der Waals surface area contributed by atoms with Crippen LogP contribution in [0.5, 0.6) is 0 Å². The molecule has 0 amide bonds. The number of fused-ring (bicyclic) bond motifs is 3. The molecule has 0 aliphatic rings. The van der Waals surface area contributed by atoms with Gasteiger partial charge in [0.25, 0.3) is 0 Å². The van der Waals surface area contributed by atoms with E-state index in [-0.39, 0.29) is 20.1 Å². The maximum absolute atomic E-state index is 6.55. The summed E-state index contributed by atoms with van der Waals surface area (Å²) < 4.78 is 6.55.